The van der Waals surface area contributed by atoms with Gasteiger partial charge in [0, 0.05) is 6.92 Å². The van der Waals surface area contributed by atoms with Crippen molar-refractivity contribution in [3.63, 3.8) is 0 Å². The van der Waals surface area contributed by atoms with Crippen LogP contribution in [0.3, 0.4) is 0 Å². The first kappa shape index (κ1) is 15.4. The molecule has 0 aliphatic carbocycles. The van der Waals surface area contributed by atoms with Crippen LogP contribution in [0.2, 0.25) is 0 Å². The Morgan fingerprint density at radius 1 is 1.05 bits per heavy atom. The Morgan fingerprint density at radius 3 is 2.14 bits per heavy atom. The number of phenolic OH excluding ortho intramolecular Hbond substituents is 2. The molecule has 2 aromatic rings. The van der Waals surface area contributed by atoms with Crippen LogP contribution in [0.15, 0.2) is 36.4 Å². The van der Waals surface area contributed by atoms with Gasteiger partial charge in [-0.15, -0.1) is 0 Å². The van der Waals surface area contributed by atoms with Gasteiger partial charge in [0.25, 0.3) is 0 Å². The first-order valence-electron chi connectivity index (χ1n) is 6.61. The van der Waals surface area contributed by atoms with E-state index in [0.29, 0.717) is 24.2 Å². The van der Waals surface area contributed by atoms with Gasteiger partial charge in [-0.05, 0) is 41.8 Å². The molecule has 6 heteroatoms. The second-order valence-electron chi connectivity index (χ2n) is 4.82. The second kappa shape index (κ2) is 6.62. The number of hydrogen-bond donors (Lipinski definition) is 4. The van der Waals surface area contributed by atoms with Gasteiger partial charge in [-0.25, -0.2) is 0 Å². The number of nitrogens with one attached hydrogen (secondary N) is 2. The molecular weight excluding hydrogens is 284 g/mol. The Balaban J connectivity index is 2.25. The van der Waals surface area contributed by atoms with Crippen LogP contribution in [0.5, 0.6) is 11.5 Å². The van der Waals surface area contributed by atoms with Crippen LogP contribution in [0.25, 0.3) is 0 Å². The summed E-state index contributed by atoms with van der Waals surface area (Å²) in [5, 5.41) is 24.3. The lowest BCUT2D eigenvalue weighted by atomic mass is 10.0. The molecule has 0 aliphatic heterocycles. The highest BCUT2D eigenvalue weighted by Gasteiger charge is 2.07. The lowest BCUT2D eigenvalue weighted by Gasteiger charge is -2.10. The van der Waals surface area contributed by atoms with Gasteiger partial charge in [-0.1, -0.05) is 12.1 Å². The molecule has 0 spiro atoms. The maximum atomic E-state index is 11.1. The summed E-state index contributed by atoms with van der Waals surface area (Å²) in [5.41, 5.74) is 2.40. The summed E-state index contributed by atoms with van der Waals surface area (Å²) in [6.07, 6.45) is 1.01. The summed E-state index contributed by atoms with van der Waals surface area (Å²) in [7, 11) is 0. The third-order valence-corrected chi connectivity index (χ3v) is 3.06. The third-order valence-electron chi connectivity index (χ3n) is 3.06. The van der Waals surface area contributed by atoms with Crippen LogP contribution in [0.4, 0.5) is 11.4 Å². The molecule has 0 heterocycles. The van der Waals surface area contributed by atoms with Gasteiger partial charge in [0.15, 0.2) is 0 Å². The zero-order valence-electron chi connectivity index (χ0n) is 12.0. The molecule has 2 amide bonds. The molecule has 4 N–H and O–H groups in total. The van der Waals surface area contributed by atoms with Gasteiger partial charge in [-0.3, -0.25) is 9.59 Å². The zero-order chi connectivity index (χ0) is 16.1. The molecule has 0 aromatic heterocycles. The van der Waals surface area contributed by atoms with Crippen molar-refractivity contribution in [2.45, 2.75) is 13.3 Å². The van der Waals surface area contributed by atoms with E-state index in [4.69, 9.17) is 0 Å². The number of carbonyl (C=O) groups is 2. The van der Waals surface area contributed by atoms with E-state index in [9.17, 15) is 19.8 Å². The molecule has 0 aliphatic rings. The monoisotopic (exact) mass is 300 g/mol. The summed E-state index contributed by atoms with van der Waals surface area (Å²) < 4.78 is 0. The van der Waals surface area contributed by atoms with E-state index in [1.54, 1.807) is 24.3 Å². The molecule has 0 bridgehead atoms. The van der Waals surface area contributed by atoms with Crippen molar-refractivity contribution in [3.05, 3.63) is 47.5 Å². The fourth-order valence-corrected chi connectivity index (χ4v) is 2.09. The topological polar surface area (TPSA) is 98.7 Å². The van der Waals surface area contributed by atoms with Crippen LogP contribution >= 0.6 is 0 Å². The highest BCUT2D eigenvalue weighted by molar-refractivity contribution is 5.90. The van der Waals surface area contributed by atoms with Gasteiger partial charge < -0.3 is 20.8 Å². The van der Waals surface area contributed by atoms with Crippen molar-refractivity contribution in [1.82, 2.24) is 0 Å². The van der Waals surface area contributed by atoms with Crippen molar-refractivity contribution in [2.24, 2.45) is 0 Å². The molecule has 114 valence electrons. The molecule has 2 aromatic carbocycles. The number of carbonyl (C=O) groups excluding carboxylic acids is 2. The summed E-state index contributed by atoms with van der Waals surface area (Å²) >= 11 is 0. The van der Waals surface area contributed by atoms with Gasteiger partial charge in [-0.2, -0.15) is 0 Å². The SMILES string of the molecule is CC(=O)Nc1cc(Cc2ccc(O)c(NC=O)c2)ccc1O. The minimum absolute atomic E-state index is 0.00651. The Morgan fingerprint density at radius 2 is 1.59 bits per heavy atom. The van der Waals surface area contributed by atoms with Gasteiger partial charge in [0.05, 0.1) is 11.4 Å². The molecule has 0 radical (unpaired) electrons. The molecule has 6 nitrogen and oxygen atoms in total. The van der Waals surface area contributed by atoms with E-state index in [1.807, 2.05) is 0 Å². The van der Waals surface area contributed by atoms with Crippen molar-refractivity contribution in [2.75, 3.05) is 10.6 Å². The maximum Gasteiger partial charge on any atom is 0.221 e. The quantitative estimate of drug-likeness (QED) is 0.502. The summed E-state index contributed by atoms with van der Waals surface area (Å²) in [6.45, 7) is 1.36. The molecule has 0 unspecified atom stereocenters. The minimum Gasteiger partial charge on any atom is -0.506 e. The highest BCUT2D eigenvalue weighted by Crippen LogP contribution is 2.28. The number of benzene rings is 2. The number of hydrogen-bond acceptors (Lipinski definition) is 4. The van der Waals surface area contributed by atoms with E-state index in [2.05, 4.69) is 10.6 Å². The summed E-state index contributed by atoms with van der Waals surface area (Å²) in [5.74, 6) is -0.289. The number of amides is 2. The van der Waals surface area contributed by atoms with Crippen molar-refractivity contribution in [1.29, 1.82) is 0 Å². The molecular formula is C16H16N2O4. The molecule has 0 saturated heterocycles. The van der Waals surface area contributed by atoms with E-state index in [1.165, 1.54) is 19.1 Å². The molecule has 0 fully saturated rings. The van der Waals surface area contributed by atoms with E-state index >= 15 is 0 Å². The van der Waals surface area contributed by atoms with Crippen molar-refractivity contribution >= 4 is 23.7 Å². The average molecular weight is 300 g/mol. The fraction of sp³-hybridized carbons (Fsp3) is 0.125. The Hall–Kier alpha value is -3.02. The number of aromatic hydroxyl groups is 2. The fourth-order valence-electron chi connectivity index (χ4n) is 2.09. The lowest BCUT2D eigenvalue weighted by molar-refractivity contribution is -0.114. The lowest BCUT2D eigenvalue weighted by Crippen LogP contribution is -2.06. The third kappa shape index (κ3) is 3.76. The Kier molecular flexibility index (Phi) is 4.63. The Bertz CT molecular complexity index is 713. The average Bonchev–Trinajstić information content (AvgIpc) is 2.46. The van der Waals surface area contributed by atoms with Gasteiger partial charge in [0.1, 0.15) is 11.5 Å². The Labute approximate surface area is 127 Å². The number of rotatable bonds is 5. The highest BCUT2D eigenvalue weighted by atomic mass is 16.3. The van der Waals surface area contributed by atoms with Crippen LogP contribution < -0.4 is 10.6 Å². The first-order chi connectivity index (χ1) is 10.5. The largest absolute Gasteiger partial charge is 0.506 e. The summed E-state index contributed by atoms with van der Waals surface area (Å²) in [4.78, 5) is 21.6. The molecule has 22 heavy (non-hydrogen) atoms. The van der Waals surface area contributed by atoms with Crippen molar-refractivity contribution in [3.8, 4) is 11.5 Å². The first-order valence-corrected chi connectivity index (χ1v) is 6.61. The predicted octanol–water partition coefficient (Wildman–Crippen LogP) is 2.22. The molecule has 2 rings (SSSR count). The van der Waals surface area contributed by atoms with E-state index < -0.39 is 0 Å². The van der Waals surface area contributed by atoms with Crippen LogP contribution in [0.1, 0.15) is 18.1 Å². The summed E-state index contributed by atoms with van der Waals surface area (Å²) in [6, 6.07) is 9.81. The minimum atomic E-state index is -0.269. The van der Waals surface area contributed by atoms with Crippen LogP contribution in [-0.4, -0.2) is 22.5 Å². The van der Waals surface area contributed by atoms with Crippen LogP contribution in [0, 0.1) is 0 Å². The van der Waals surface area contributed by atoms with Crippen molar-refractivity contribution < 1.29 is 19.8 Å². The molecule has 0 saturated carbocycles. The predicted molar refractivity (Wildman–Crippen MR) is 83.0 cm³/mol. The van der Waals surface area contributed by atoms with E-state index in [-0.39, 0.29) is 17.4 Å². The standard InChI is InChI=1S/C16H16N2O4/c1-10(20)18-14-8-12(3-5-16(14)22)6-11-2-4-15(21)13(7-11)17-9-19/h2-5,7-9,21-22H,6H2,1H3,(H,17,19)(H,18,20). The smallest absolute Gasteiger partial charge is 0.221 e. The maximum absolute atomic E-state index is 11.1. The van der Waals surface area contributed by atoms with E-state index in [0.717, 1.165) is 11.1 Å². The normalized spacial score (nSPS) is 10.0. The zero-order valence-corrected chi connectivity index (χ0v) is 12.0. The van der Waals surface area contributed by atoms with Crippen LogP contribution in [-0.2, 0) is 16.0 Å². The number of anilines is 2. The molecule has 0 atom stereocenters. The van der Waals surface area contributed by atoms with Gasteiger partial charge in [0.2, 0.25) is 12.3 Å². The number of phenols is 2. The van der Waals surface area contributed by atoms with Gasteiger partial charge >= 0.3 is 0 Å². The second-order valence-corrected chi connectivity index (χ2v) is 4.82.